The van der Waals surface area contributed by atoms with Crippen LogP contribution in [0.5, 0.6) is 0 Å². The lowest BCUT2D eigenvalue weighted by atomic mass is 10.1. The fraction of sp³-hybridized carbons (Fsp3) is 0.550. The quantitative estimate of drug-likeness (QED) is 0.274. The molecule has 0 heterocycles. The van der Waals surface area contributed by atoms with Gasteiger partial charge in [0.25, 0.3) is 0 Å². The summed E-state index contributed by atoms with van der Waals surface area (Å²) >= 11 is 0. The third kappa shape index (κ3) is 18.4. The first-order valence-electron chi connectivity index (χ1n) is 8.79. The normalized spacial score (nSPS) is 13.8. The highest BCUT2D eigenvalue weighted by Crippen LogP contribution is 2.02. The number of carboxylic acids is 1. The Bertz CT molecular complexity index is 408. The Balaban J connectivity index is 3.61. The SMILES string of the molecule is O=C([O-])CCC/C=C\C/C=C\C=C\C(O)C/C=C\CCCCCO. The first-order valence-corrected chi connectivity index (χ1v) is 8.79. The Hall–Kier alpha value is -1.65. The van der Waals surface area contributed by atoms with Crippen LogP contribution in [0.2, 0.25) is 0 Å². The summed E-state index contributed by atoms with van der Waals surface area (Å²) < 4.78 is 0. The van der Waals surface area contributed by atoms with Crippen LogP contribution in [0.25, 0.3) is 0 Å². The molecule has 0 aromatic heterocycles. The minimum absolute atomic E-state index is 0.109. The van der Waals surface area contributed by atoms with Gasteiger partial charge in [0.2, 0.25) is 0 Å². The summed E-state index contributed by atoms with van der Waals surface area (Å²) in [6.45, 7) is 0.263. The second-order valence-corrected chi connectivity index (χ2v) is 5.63. The van der Waals surface area contributed by atoms with Crippen molar-refractivity contribution in [2.75, 3.05) is 6.61 Å². The highest BCUT2D eigenvalue weighted by molar-refractivity contribution is 5.64. The first-order chi connectivity index (χ1) is 11.7. The third-order valence-electron chi connectivity index (χ3n) is 3.34. The van der Waals surface area contributed by atoms with Gasteiger partial charge in [-0.05, 0) is 51.4 Å². The lowest BCUT2D eigenvalue weighted by Gasteiger charge is -1.99. The van der Waals surface area contributed by atoms with Crippen LogP contribution in [-0.2, 0) is 4.79 Å². The van der Waals surface area contributed by atoms with Crippen LogP contribution >= 0.6 is 0 Å². The van der Waals surface area contributed by atoms with Gasteiger partial charge in [0.05, 0.1) is 6.10 Å². The largest absolute Gasteiger partial charge is 0.550 e. The van der Waals surface area contributed by atoms with Crippen molar-refractivity contribution in [3.8, 4) is 0 Å². The van der Waals surface area contributed by atoms with Crippen molar-refractivity contribution >= 4 is 5.97 Å². The molecule has 1 atom stereocenters. The molecule has 0 rings (SSSR count). The summed E-state index contributed by atoms with van der Waals surface area (Å²) in [5, 5.41) is 28.6. The molecule has 136 valence electrons. The van der Waals surface area contributed by atoms with Gasteiger partial charge in [0, 0.05) is 12.6 Å². The zero-order valence-electron chi connectivity index (χ0n) is 14.5. The number of unbranched alkanes of at least 4 members (excludes halogenated alkanes) is 4. The van der Waals surface area contributed by atoms with E-state index >= 15 is 0 Å². The Morgan fingerprint density at radius 3 is 2.42 bits per heavy atom. The van der Waals surface area contributed by atoms with Gasteiger partial charge < -0.3 is 20.1 Å². The monoisotopic (exact) mass is 335 g/mol. The molecule has 4 heteroatoms. The number of aliphatic hydroxyl groups is 2. The number of carbonyl (C=O) groups is 1. The smallest absolute Gasteiger partial charge is 0.0758 e. The van der Waals surface area contributed by atoms with Crippen LogP contribution in [0.15, 0.2) is 48.6 Å². The topological polar surface area (TPSA) is 80.6 Å². The molecule has 0 fully saturated rings. The number of aliphatic hydroxyl groups excluding tert-OH is 2. The Kier molecular flexibility index (Phi) is 16.5. The number of carbonyl (C=O) groups excluding carboxylic acids is 1. The van der Waals surface area contributed by atoms with Gasteiger partial charge in [-0.2, -0.15) is 0 Å². The van der Waals surface area contributed by atoms with Gasteiger partial charge in [-0.25, -0.2) is 0 Å². The fourth-order valence-electron chi connectivity index (χ4n) is 1.99. The molecule has 0 radical (unpaired) electrons. The number of carboxylic acid groups (broad SMARTS) is 1. The van der Waals surface area contributed by atoms with Crippen LogP contribution in [0.3, 0.4) is 0 Å². The van der Waals surface area contributed by atoms with Crippen molar-refractivity contribution in [3.63, 3.8) is 0 Å². The minimum Gasteiger partial charge on any atom is -0.550 e. The lowest BCUT2D eigenvalue weighted by molar-refractivity contribution is -0.305. The molecular formula is C20H31O4-. The third-order valence-corrected chi connectivity index (χ3v) is 3.34. The van der Waals surface area contributed by atoms with Crippen molar-refractivity contribution in [3.05, 3.63) is 48.6 Å². The van der Waals surface area contributed by atoms with Gasteiger partial charge in [-0.3, -0.25) is 0 Å². The average Bonchev–Trinajstić information content (AvgIpc) is 2.55. The fourth-order valence-corrected chi connectivity index (χ4v) is 1.99. The van der Waals surface area contributed by atoms with E-state index in [2.05, 4.69) is 6.08 Å². The maximum Gasteiger partial charge on any atom is 0.0758 e. The number of aliphatic carboxylic acids is 1. The van der Waals surface area contributed by atoms with Crippen molar-refractivity contribution < 1.29 is 20.1 Å². The maximum atomic E-state index is 10.2. The van der Waals surface area contributed by atoms with E-state index in [0.717, 1.165) is 38.5 Å². The number of rotatable bonds is 15. The minimum atomic E-state index is -0.997. The zero-order chi connectivity index (χ0) is 17.9. The molecule has 1 unspecified atom stereocenters. The molecule has 0 aromatic rings. The van der Waals surface area contributed by atoms with Gasteiger partial charge in [0.1, 0.15) is 0 Å². The molecule has 0 amide bonds. The van der Waals surface area contributed by atoms with E-state index in [4.69, 9.17) is 5.11 Å². The van der Waals surface area contributed by atoms with Crippen LogP contribution in [-0.4, -0.2) is 28.9 Å². The molecular weight excluding hydrogens is 304 g/mol. The summed E-state index contributed by atoms with van der Waals surface area (Å²) in [7, 11) is 0. The highest BCUT2D eigenvalue weighted by atomic mass is 16.4. The molecule has 0 saturated heterocycles. The van der Waals surface area contributed by atoms with Gasteiger partial charge in [-0.1, -0.05) is 55.0 Å². The Morgan fingerprint density at radius 1 is 0.917 bits per heavy atom. The molecule has 0 aliphatic rings. The molecule has 24 heavy (non-hydrogen) atoms. The molecule has 4 nitrogen and oxygen atoms in total. The van der Waals surface area contributed by atoms with Gasteiger partial charge in [0.15, 0.2) is 0 Å². The lowest BCUT2D eigenvalue weighted by Crippen LogP contribution is -2.21. The standard InChI is InChI=1S/C20H32O4/c21-18-14-10-6-5-8-12-16-19(22)15-11-7-3-1-2-4-9-13-17-20(23)24/h2-4,7-8,11-12,15,19,21-22H,1,5-6,9-10,13-14,16-18H2,(H,23,24)/p-1/b4-2-,7-3-,12-8-,15-11+. The molecule has 0 bridgehead atoms. The van der Waals surface area contributed by atoms with E-state index in [1.807, 2.05) is 36.5 Å². The maximum absolute atomic E-state index is 10.2. The second kappa shape index (κ2) is 17.7. The summed E-state index contributed by atoms with van der Waals surface area (Å²) in [6, 6.07) is 0. The summed E-state index contributed by atoms with van der Waals surface area (Å²) in [5.41, 5.74) is 0. The van der Waals surface area contributed by atoms with E-state index in [-0.39, 0.29) is 13.0 Å². The van der Waals surface area contributed by atoms with Crippen LogP contribution in [0, 0.1) is 0 Å². The van der Waals surface area contributed by atoms with Crippen LogP contribution < -0.4 is 5.11 Å². The second-order valence-electron chi connectivity index (χ2n) is 5.63. The van der Waals surface area contributed by atoms with Crippen LogP contribution in [0.4, 0.5) is 0 Å². The number of hydrogen-bond acceptors (Lipinski definition) is 4. The summed E-state index contributed by atoms with van der Waals surface area (Å²) in [5.74, 6) is -0.997. The molecule has 0 aliphatic heterocycles. The van der Waals surface area contributed by atoms with E-state index in [1.54, 1.807) is 6.08 Å². The van der Waals surface area contributed by atoms with Gasteiger partial charge >= 0.3 is 0 Å². The van der Waals surface area contributed by atoms with Crippen molar-refractivity contribution in [1.29, 1.82) is 0 Å². The van der Waals surface area contributed by atoms with Crippen molar-refractivity contribution in [2.45, 2.75) is 63.9 Å². The van der Waals surface area contributed by atoms with E-state index in [9.17, 15) is 15.0 Å². The Morgan fingerprint density at radius 2 is 1.67 bits per heavy atom. The van der Waals surface area contributed by atoms with Crippen LogP contribution in [0.1, 0.15) is 57.8 Å². The van der Waals surface area contributed by atoms with Gasteiger partial charge in [-0.15, -0.1) is 0 Å². The predicted molar refractivity (Wildman–Crippen MR) is 96.2 cm³/mol. The van der Waals surface area contributed by atoms with E-state index < -0.39 is 12.1 Å². The predicted octanol–water partition coefficient (Wildman–Crippen LogP) is 2.83. The summed E-state index contributed by atoms with van der Waals surface area (Å²) in [6.07, 6.45) is 21.9. The van der Waals surface area contributed by atoms with Crippen molar-refractivity contribution in [2.24, 2.45) is 0 Å². The summed E-state index contributed by atoms with van der Waals surface area (Å²) in [4.78, 5) is 10.2. The van der Waals surface area contributed by atoms with E-state index in [1.165, 1.54) is 0 Å². The molecule has 0 aromatic carbocycles. The molecule has 0 saturated carbocycles. The number of hydrogen-bond donors (Lipinski definition) is 2. The average molecular weight is 335 g/mol. The zero-order valence-corrected chi connectivity index (χ0v) is 14.5. The number of allylic oxidation sites excluding steroid dienone is 6. The molecule has 2 N–H and O–H groups in total. The van der Waals surface area contributed by atoms with E-state index in [0.29, 0.717) is 12.8 Å². The molecule has 0 aliphatic carbocycles. The van der Waals surface area contributed by atoms with Crippen molar-refractivity contribution in [1.82, 2.24) is 0 Å². The first kappa shape index (κ1) is 22.4. The Labute approximate surface area is 145 Å². The molecule has 0 spiro atoms. The highest BCUT2D eigenvalue weighted by Gasteiger charge is 1.93.